The van der Waals surface area contributed by atoms with Crippen LogP contribution in [-0.2, 0) is 0 Å². The van der Waals surface area contributed by atoms with Crippen molar-refractivity contribution in [3.05, 3.63) is 22.9 Å². The van der Waals surface area contributed by atoms with Gasteiger partial charge in [0.2, 0.25) is 0 Å². The zero-order valence-corrected chi connectivity index (χ0v) is 11.7. The summed E-state index contributed by atoms with van der Waals surface area (Å²) in [6.07, 6.45) is 0. The number of nitrogens with one attached hydrogen (secondary N) is 2. The van der Waals surface area contributed by atoms with Crippen LogP contribution in [0.3, 0.4) is 0 Å². The molecule has 1 saturated heterocycles. The van der Waals surface area contributed by atoms with Crippen LogP contribution in [0, 0.1) is 25.2 Å². The molecule has 0 unspecified atom stereocenters. The number of hydrogen-bond acceptors (Lipinski definition) is 3. The molecule has 5 heteroatoms. The van der Waals surface area contributed by atoms with Gasteiger partial charge in [0.05, 0.1) is 12.3 Å². The molecule has 5 nitrogen and oxygen atoms in total. The minimum absolute atomic E-state index is 0.245. The predicted molar refractivity (Wildman–Crippen MR) is 72.0 cm³/mol. The molecule has 1 fully saturated rings. The lowest BCUT2D eigenvalue weighted by atomic mass is 10.1. The Balaban J connectivity index is 2.18. The number of anilines is 1. The second kappa shape index (κ2) is 6.00. The van der Waals surface area contributed by atoms with E-state index in [2.05, 4.69) is 16.0 Å². The van der Waals surface area contributed by atoms with Crippen LogP contribution in [0.25, 0.3) is 0 Å². The fraction of sp³-hybridized carbons (Fsp3) is 0.571. The van der Waals surface area contributed by atoms with Crippen molar-refractivity contribution in [2.45, 2.75) is 13.8 Å². The monoisotopic (exact) mass is 262 g/mol. The third-order valence-corrected chi connectivity index (χ3v) is 3.74. The van der Waals surface area contributed by atoms with Gasteiger partial charge in [-0.3, -0.25) is 0 Å². The van der Waals surface area contributed by atoms with Gasteiger partial charge < -0.3 is 10.0 Å². The molecular formula is C14H22N4O+2. The second-order valence-electron chi connectivity index (χ2n) is 5.18. The third-order valence-electron chi connectivity index (χ3n) is 3.74. The van der Waals surface area contributed by atoms with E-state index in [0.29, 0.717) is 0 Å². The fourth-order valence-corrected chi connectivity index (χ4v) is 2.70. The molecule has 0 saturated carbocycles. The van der Waals surface area contributed by atoms with Gasteiger partial charge in [-0.05, 0) is 25.5 Å². The molecule has 3 N–H and O–H groups in total. The summed E-state index contributed by atoms with van der Waals surface area (Å²) in [4.78, 5) is 7.01. The van der Waals surface area contributed by atoms with E-state index in [9.17, 15) is 5.26 Å². The maximum absolute atomic E-state index is 9.32. The quantitative estimate of drug-likeness (QED) is 0.710. The highest BCUT2D eigenvalue weighted by Crippen LogP contribution is 2.18. The van der Waals surface area contributed by atoms with Gasteiger partial charge in [0.25, 0.3) is 5.82 Å². The maximum Gasteiger partial charge on any atom is 0.293 e. The van der Waals surface area contributed by atoms with Gasteiger partial charge >= 0.3 is 0 Å². The lowest BCUT2D eigenvalue weighted by Crippen LogP contribution is -3.15. The van der Waals surface area contributed by atoms with E-state index in [1.165, 1.54) is 4.90 Å². The molecule has 1 aromatic rings. The Hall–Kier alpha value is -1.64. The third kappa shape index (κ3) is 3.03. The van der Waals surface area contributed by atoms with Crippen LogP contribution in [-0.4, -0.2) is 44.4 Å². The van der Waals surface area contributed by atoms with Crippen molar-refractivity contribution < 1.29 is 15.0 Å². The Kier molecular flexibility index (Phi) is 4.35. The molecule has 2 rings (SSSR count). The van der Waals surface area contributed by atoms with Crippen molar-refractivity contribution >= 4 is 5.82 Å². The number of rotatable bonds is 3. The highest BCUT2D eigenvalue weighted by molar-refractivity contribution is 5.54. The van der Waals surface area contributed by atoms with Crippen LogP contribution in [0.4, 0.5) is 5.82 Å². The molecule has 0 bridgehead atoms. The number of aliphatic hydroxyl groups excluding tert-OH is 1. The second-order valence-corrected chi connectivity index (χ2v) is 5.18. The summed E-state index contributed by atoms with van der Waals surface area (Å²) >= 11 is 0. The largest absolute Gasteiger partial charge is 0.391 e. The van der Waals surface area contributed by atoms with E-state index in [1.807, 2.05) is 19.9 Å². The average Bonchev–Trinajstić information content (AvgIpc) is 2.39. The lowest BCUT2D eigenvalue weighted by Gasteiger charge is -2.28. The van der Waals surface area contributed by atoms with Gasteiger partial charge in [0.1, 0.15) is 44.4 Å². The number of aromatic amines is 1. The van der Waals surface area contributed by atoms with E-state index in [0.717, 1.165) is 55.4 Å². The molecular weight excluding hydrogens is 240 g/mol. The van der Waals surface area contributed by atoms with Gasteiger partial charge in [-0.15, -0.1) is 0 Å². The SMILES string of the molecule is Cc1cc(C)c(C#N)c(N2CC[NH+](CCO)CC2)[nH+]1. The van der Waals surface area contributed by atoms with Gasteiger partial charge in [0.15, 0.2) is 0 Å². The zero-order valence-electron chi connectivity index (χ0n) is 11.7. The van der Waals surface area contributed by atoms with Crippen LogP contribution in [0.15, 0.2) is 6.07 Å². The number of nitriles is 1. The Labute approximate surface area is 114 Å². The molecule has 0 spiro atoms. The molecule has 0 atom stereocenters. The number of nitrogens with zero attached hydrogens (tertiary/aromatic N) is 2. The van der Waals surface area contributed by atoms with E-state index in [-0.39, 0.29) is 6.61 Å². The van der Waals surface area contributed by atoms with Crippen molar-refractivity contribution in [1.82, 2.24) is 0 Å². The average molecular weight is 262 g/mol. The van der Waals surface area contributed by atoms with E-state index < -0.39 is 0 Å². The van der Waals surface area contributed by atoms with E-state index in [4.69, 9.17) is 5.11 Å². The summed E-state index contributed by atoms with van der Waals surface area (Å²) in [7, 11) is 0. The Morgan fingerprint density at radius 2 is 2.11 bits per heavy atom. The molecule has 2 heterocycles. The summed E-state index contributed by atoms with van der Waals surface area (Å²) in [5.74, 6) is 0.947. The van der Waals surface area contributed by atoms with Crippen molar-refractivity contribution in [2.75, 3.05) is 44.2 Å². The molecule has 0 amide bonds. The van der Waals surface area contributed by atoms with E-state index in [1.54, 1.807) is 0 Å². The van der Waals surface area contributed by atoms with Crippen molar-refractivity contribution in [2.24, 2.45) is 0 Å². The smallest absolute Gasteiger partial charge is 0.293 e. The number of hydrogen-bond donors (Lipinski definition) is 2. The number of aliphatic hydroxyl groups is 1. The first kappa shape index (κ1) is 13.8. The maximum atomic E-state index is 9.32. The fourth-order valence-electron chi connectivity index (χ4n) is 2.70. The first-order valence-electron chi connectivity index (χ1n) is 6.78. The van der Waals surface area contributed by atoms with Crippen molar-refractivity contribution in [3.8, 4) is 6.07 Å². The van der Waals surface area contributed by atoms with Crippen LogP contribution in [0.2, 0.25) is 0 Å². The van der Waals surface area contributed by atoms with Gasteiger partial charge in [-0.25, -0.2) is 9.88 Å². The number of quaternary nitrogens is 1. The van der Waals surface area contributed by atoms with Crippen molar-refractivity contribution in [1.29, 1.82) is 5.26 Å². The minimum atomic E-state index is 0.245. The highest BCUT2D eigenvalue weighted by Gasteiger charge is 2.29. The Morgan fingerprint density at radius 1 is 1.42 bits per heavy atom. The summed E-state index contributed by atoms with van der Waals surface area (Å²) in [6.45, 7) is 8.91. The summed E-state index contributed by atoms with van der Waals surface area (Å²) in [5, 5.41) is 18.3. The molecule has 0 aliphatic carbocycles. The Bertz CT molecular complexity index is 487. The van der Waals surface area contributed by atoms with Crippen LogP contribution in [0.5, 0.6) is 0 Å². The number of aryl methyl sites for hydroxylation is 2. The van der Waals surface area contributed by atoms with Gasteiger partial charge in [0, 0.05) is 0 Å². The lowest BCUT2D eigenvalue weighted by molar-refractivity contribution is -0.901. The summed E-state index contributed by atoms with van der Waals surface area (Å²) in [6, 6.07) is 4.31. The molecule has 19 heavy (non-hydrogen) atoms. The molecule has 102 valence electrons. The summed E-state index contributed by atoms with van der Waals surface area (Å²) < 4.78 is 0. The molecule has 0 aromatic carbocycles. The standard InChI is InChI=1S/C14H20N4O/c1-11-9-12(2)16-14(13(11)10-15)18-5-3-17(4-6-18)7-8-19/h9,19H,3-8H2,1-2H3/p+2. The van der Waals surface area contributed by atoms with Crippen LogP contribution < -0.4 is 14.8 Å². The number of piperazine rings is 1. The van der Waals surface area contributed by atoms with Crippen molar-refractivity contribution in [3.63, 3.8) is 0 Å². The van der Waals surface area contributed by atoms with Crippen LogP contribution in [0.1, 0.15) is 16.8 Å². The zero-order chi connectivity index (χ0) is 13.8. The highest BCUT2D eigenvalue weighted by atomic mass is 16.3. The van der Waals surface area contributed by atoms with Crippen LogP contribution >= 0.6 is 0 Å². The molecule has 0 radical (unpaired) electrons. The first-order valence-corrected chi connectivity index (χ1v) is 6.78. The molecule has 1 aliphatic rings. The molecule has 1 aliphatic heterocycles. The topological polar surface area (TPSA) is 65.8 Å². The van der Waals surface area contributed by atoms with Gasteiger partial charge in [-0.2, -0.15) is 5.26 Å². The number of aromatic nitrogens is 1. The Morgan fingerprint density at radius 3 is 2.68 bits per heavy atom. The predicted octanol–water partition coefficient (Wildman–Crippen LogP) is -1.31. The number of H-pyrrole nitrogens is 1. The van der Waals surface area contributed by atoms with Gasteiger partial charge in [-0.1, -0.05) is 0 Å². The minimum Gasteiger partial charge on any atom is -0.391 e. The first-order chi connectivity index (χ1) is 9.15. The summed E-state index contributed by atoms with van der Waals surface area (Å²) in [5.41, 5.74) is 2.85. The molecule has 1 aromatic heterocycles. The number of pyridine rings is 1. The van der Waals surface area contributed by atoms with E-state index >= 15 is 0 Å². The normalized spacial score (nSPS) is 16.4.